The number of benzene rings is 1. The highest BCUT2D eigenvalue weighted by Gasteiger charge is 2.15. The van der Waals surface area contributed by atoms with Crippen LogP contribution < -0.4 is 5.32 Å². The topological polar surface area (TPSA) is 21.3 Å². The Balaban J connectivity index is 1.93. The summed E-state index contributed by atoms with van der Waals surface area (Å²) in [6, 6.07) is 3.87. The third-order valence-electron chi connectivity index (χ3n) is 2.78. The molecule has 0 radical (unpaired) electrons. The molecule has 0 spiro atoms. The summed E-state index contributed by atoms with van der Waals surface area (Å²) in [6.07, 6.45) is 2.06. The van der Waals surface area contributed by atoms with Gasteiger partial charge in [0.25, 0.3) is 0 Å². The first-order valence-electron chi connectivity index (χ1n) is 5.53. The van der Waals surface area contributed by atoms with E-state index in [-0.39, 0.29) is 5.69 Å². The lowest BCUT2D eigenvalue weighted by Crippen LogP contribution is -2.24. The molecule has 2 nitrogen and oxygen atoms in total. The largest absolute Gasteiger partial charge is 0.381 e. The molecule has 0 saturated carbocycles. The lowest BCUT2D eigenvalue weighted by Gasteiger charge is -2.22. The maximum Gasteiger partial charge on any atom is 0.149 e. The fourth-order valence-electron chi connectivity index (χ4n) is 1.88. The Morgan fingerprint density at radius 1 is 1.31 bits per heavy atom. The summed E-state index contributed by atoms with van der Waals surface area (Å²) in [5, 5.41) is 2.82. The second-order valence-corrected chi connectivity index (χ2v) is 4.06. The van der Waals surface area contributed by atoms with Crippen molar-refractivity contribution in [1.29, 1.82) is 0 Å². The summed E-state index contributed by atoms with van der Waals surface area (Å²) in [5.41, 5.74) is -0.0342. The minimum Gasteiger partial charge on any atom is -0.381 e. The van der Waals surface area contributed by atoms with Crippen LogP contribution >= 0.6 is 0 Å². The number of halogens is 2. The van der Waals surface area contributed by atoms with Crippen molar-refractivity contribution in [1.82, 2.24) is 0 Å². The van der Waals surface area contributed by atoms with Crippen LogP contribution in [0.1, 0.15) is 12.8 Å². The van der Waals surface area contributed by atoms with E-state index in [4.69, 9.17) is 4.74 Å². The Labute approximate surface area is 93.6 Å². The number of anilines is 1. The number of rotatable bonds is 3. The molecule has 16 heavy (non-hydrogen) atoms. The summed E-state index contributed by atoms with van der Waals surface area (Å²) in [5.74, 6) is -0.749. The van der Waals surface area contributed by atoms with E-state index in [1.54, 1.807) is 0 Å². The molecule has 2 rings (SSSR count). The average molecular weight is 227 g/mol. The highest BCUT2D eigenvalue weighted by Crippen LogP contribution is 2.20. The molecular formula is C12H15F2NO. The molecule has 1 atom stereocenters. The molecule has 0 aromatic heterocycles. The second kappa shape index (κ2) is 5.25. The number of hydrogen-bond donors (Lipinski definition) is 1. The Hall–Kier alpha value is -1.16. The summed E-state index contributed by atoms with van der Waals surface area (Å²) >= 11 is 0. The van der Waals surface area contributed by atoms with Crippen molar-refractivity contribution in [3.63, 3.8) is 0 Å². The Bertz CT molecular complexity index is 331. The van der Waals surface area contributed by atoms with Crippen LogP contribution in [0.15, 0.2) is 18.2 Å². The molecule has 1 heterocycles. The van der Waals surface area contributed by atoms with E-state index in [9.17, 15) is 8.78 Å². The molecule has 1 aromatic carbocycles. The van der Waals surface area contributed by atoms with Gasteiger partial charge in [-0.25, -0.2) is 8.78 Å². The molecule has 4 heteroatoms. The van der Waals surface area contributed by atoms with E-state index >= 15 is 0 Å². The molecule has 88 valence electrons. The summed E-state index contributed by atoms with van der Waals surface area (Å²) in [7, 11) is 0. The van der Waals surface area contributed by atoms with Crippen molar-refractivity contribution < 1.29 is 13.5 Å². The highest BCUT2D eigenvalue weighted by atomic mass is 19.1. The van der Waals surface area contributed by atoms with Crippen molar-refractivity contribution in [2.24, 2.45) is 5.92 Å². The van der Waals surface area contributed by atoms with Gasteiger partial charge in [0.2, 0.25) is 0 Å². The van der Waals surface area contributed by atoms with Gasteiger partial charge in [0.05, 0.1) is 6.61 Å². The molecule has 1 unspecified atom stereocenters. The number of nitrogens with one attached hydrogen (secondary N) is 1. The lowest BCUT2D eigenvalue weighted by molar-refractivity contribution is 0.0594. The quantitative estimate of drug-likeness (QED) is 0.857. The predicted octanol–water partition coefficient (Wildman–Crippen LogP) is 2.80. The van der Waals surface area contributed by atoms with E-state index < -0.39 is 11.6 Å². The predicted molar refractivity (Wildman–Crippen MR) is 58.4 cm³/mol. The first-order valence-corrected chi connectivity index (χ1v) is 5.53. The molecule has 1 aliphatic heterocycles. The van der Waals surface area contributed by atoms with Crippen LogP contribution in [-0.4, -0.2) is 19.8 Å². The number of hydrogen-bond acceptors (Lipinski definition) is 2. The maximum absolute atomic E-state index is 13.3. The zero-order valence-corrected chi connectivity index (χ0v) is 9.01. The van der Waals surface area contributed by atoms with Crippen LogP contribution in [0.2, 0.25) is 0 Å². The maximum atomic E-state index is 13.3. The van der Waals surface area contributed by atoms with Gasteiger partial charge in [-0.3, -0.25) is 0 Å². The van der Waals surface area contributed by atoms with E-state index in [1.807, 2.05) is 0 Å². The lowest BCUT2D eigenvalue weighted by atomic mass is 10.0. The second-order valence-electron chi connectivity index (χ2n) is 4.06. The van der Waals surface area contributed by atoms with Gasteiger partial charge in [-0.2, -0.15) is 0 Å². The third kappa shape index (κ3) is 2.70. The zero-order chi connectivity index (χ0) is 11.4. The van der Waals surface area contributed by atoms with Crippen molar-refractivity contribution in [2.45, 2.75) is 12.8 Å². The van der Waals surface area contributed by atoms with Gasteiger partial charge in [0.1, 0.15) is 17.3 Å². The van der Waals surface area contributed by atoms with Gasteiger partial charge in [-0.05, 0) is 30.9 Å². The van der Waals surface area contributed by atoms with E-state index in [1.165, 1.54) is 18.2 Å². The molecule has 0 amide bonds. The first-order chi connectivity index (χ1) is 7.77. The summed E-state index contributed by atoms with van der Waals surface area (Å²) in [6.45, 7) is 2.02. The third-order valence-corrected chi connectivity index (χ3v) is 2.78. The van der Waals surface area contributed by atoms with Crippen molar-refractivity contribution in [3.05, 3.63) is 29.8 Å². The SMILES string of the molecule is Fc1cccc(F)c1NCC1CCCOC1. The molecule has 1 N–H and O–H groups in total. The van der Waals surface area contributed by atoms with Crippen LogP contribution in [-0.2, 0) is 4.74 Å². The fraction of sp³-hybridized carbons (Fsp3) is 0.500. The van der Waals surface area contributed by atoms with Crippen LogP contribution in [0.5, 0.6) is 0 Å². The molecule has 1 saturated heterocycles. The normalized spacial score (nSPS) is 20.8. The minimum absolute atomic E-state index is 0.0342. The number of para-hydroxylation sites is 1. The number of ether oxygens (including phenoxy) is 1. The van der Waals surface area contributed by atoms with Gasteiger partial charge < -0.3 is 10.1 Å². The van der Waals surface area contributed by atoms with E-state index in [0.717, 1.165) is 19.4 Å². The summed E-state index contributed by atoms with van der Waals surface area (Å²) in [4.78, 5) is 0. The molecule has 1 aromatic rings. The van der Waals surface area contributed by atoms with Gasteiger partial charge in [0.15, 0.2) is 0 Å². The molecular weight excluding hydrogens is 212 g/mol. The smallest absolute Gasteiger partial charge is 0.149 e. The van der Waals surface area contributed by atoms with E-state index in [0.29, 0.717) is 19.1 Å². The van der Waals surface area contributed by atoms with Crippen molar-refractivity contribution in [3.8, 4) is 0 Å². The van der Waals surface area contributed by atoms with Crippen molar-refractivity contribution in [2.75, 3.05) is 25.1 Å². The molecule has 0 bridgehead atoms. The first kappa shape index (κ1) is 11.3. The van der Waals surface area contributed by atoms with Crippen LogP contribution in [0.25, 0.3) is 0 Å². The van der Waals surface area contributed by atoms with Gasteiger partial charge in [-0.1, -0.05) is 6.07 Å². The summed E-state index contributed by atoms with van der Waals surface area (Å²) < 4.78 is 31.8. The Morgan fingerprint density at radius 3 is 2.69 bits per heavy atom. The van der Waals surface area contributed by atoms with Crippen LogP contribution in [0, 0.1) is 17.6 Å². The average Bonchev–Trinajstić information content (AvgIpc) is 2.30. The van der Waals surface area contributed by atoms with Crippen LogP contribution in [0.3, 0.4) is 0 Å². The van der Waals surface area contributed by atoms with Crippen LogP contribution in [0.4, 0.5) is 14.5 Å². The van der Waals surface area contributed by atoms with Gasteiger partial charge >= 0.3 is 0 Å². The monoisotopic (exact) mass is 227 g/mol. The molecule has 0 aliphatic carbocycles. The zero-order valence-electron chi connectivity index (χ0n) is 9.01. The standard InChI is InChI=1S/C12H15F2NO/c13-10-4-1-5-11(14)12(10)15-7-9-3-2-6-16-8-9/h1,4-5,9,15H,2-3,6-8H2. The van der Waals surface area contributed by atoms with E-state index in [2.05, 4.69) is 5.32 Å². The fourth-order valence-corrected chi connectivity index (χ4v) is 1.88. The highest BCUT2D eigenvalue weighted by molar-refractivity contribution is 5.45. The molecule has 1 aliphatic rings. The van der Waals surface area contributed by atoms with Gasteiger partial charge in [0, 0.05) is 13.2 Å². The van der Waals surface area contributed by atoms with Gasteiger partial charge in [-0.15, -0.1) is 0 Å². The van der Waals surface area contributed by atoms with Crippen molar-refractivity contribution >= 4 is 5.69 Å². The minimum atomic E-state index is -0.545. The Kier molecular flexibility index (Phi) is 3.72. The molecule has 1 fully saturated rings. The Morgan fingerprint density at radius 2 is 2.06 bits per heavy atom.